The van der Waals surface area contributed by atoms with Gasteiger partial charge in [-0.15, -0.1) is 0 Å². The van der Waals surface area contributed by atoms with E-state index in [0.29, 0.717) is 17.1 Å². The molecule has 36 heavy (non-hydrogen) atoms. The van der Waals surface area contributed by atoms with E-state index in [0.717, 1.165) is 10.8 Å². The number of nitrogens with zero attached hydrogens (tertiary/aromatic N) is 2. The first kappa shape index (κ1) is 22.8. The number of hydrogen-bond acceptors (Lipinski definition) is 7. The van der Waals surface area contributed by atoms with Gasteiger partial charge in [-0.25, -0.2) is 9.78 Å². The summed E-state index contributed by atoms with van der Waals surface area (Å²) in [5.74, 6) is -4.24. The molecule has 4 aromatic rings. The second kappa shape index (κ2) is 8.69. The van der Waals surface area contributed by atoms with Gasteiger partial charge in [0.15, 0.2) is 5.66 Å². The minimum atomic E-state index is -1.45. The summed E-state index contributed by atoms with van der Waals surface area (Å²) in [6, 6.07) is 13.9. The monoisotopic (exact) mass is 485 g/mol. The van der Waals surface area contributed by atoms with Crippen LogP contribution in [0.5, 0.6) is 0 Å². The third kappa shape index (κ3) is 3.86. The Bertz CT molecular complexity index is 1490. The van der Waals surface area contributed by atoms with Gasteiger partial charge in [0.05, 0.1) is 34.5 Å². The number of aromatic amines is 1. The number of carboxylic acids is 1. The van der Waals surface area contributed by atoms with E-state index in [9.17, 15) is 19.5 Å². The number of amides is 2. The van der Waals surface area contributed by atoms with Crippen molar-refractivity contribution in [1.82, 2.24) is 15.0 Å². The lowest BCUT2D eigenvalue weighted by Crippen LogP contribution is -2.56. The highest BCUT2D eigenvalue weighted by Gasteiger charge is 2.53. The molecule has 2 amide bonds. The summed E-state index contributed by atoms with van der Waals surface area (Å²) in [5, 5.41) is 20.6. The van der Waals surface area contributed by atoms with Gasteiger partial charge in [0.1, 0.15) is 0 Å². The molecule has 3 unspecified atom stereocenters. The highest BCUT2D eigenvalue weighted by atomic mass is 16.4. The quantitative estimate of drug-likeness (QED) is 0.232. The summed E-state index contributed by atoms with van der Waals surface area (Å²) in [7, 11) is 0. The molecular formula is C25H23N7O4. The smallest absolute Gasteiger partial charge is 0.335 e. The molecule has 0 aliphatic carbocycles. The van der Waals surface area contributed by atoms with Gasteiger partial charge >= 0.3 is 5.97 Å². The Morgan fingerprint density at radius 3 is 2.47 bits per heavy atom. The van der Waals surface area contributed by atoms with Crippen molar-refractivity contribution in [2.45, 2.75) is 12.6 Å². The number of fused-ring (bicyclic) bond motifs is 2. The Balaban J connectivity index is 1.69. The Labute approximate surface area is 205 Å². The van der Waals surface area contributed by atoms with Crippen LogP contribution in [0, 0.1) is 11.8 Å². The number of carboxylic acid groups (broad SMARTS) is 1. The number of nitrogens with two attached hydrogens (primary N) is 1. The van der Waals surface area contributed by atoms with Crippen LogP contribution >= 0.6 is 0 Å². The number of pyridine rings is 1. The lowest BCUT2D eigenvalue weighted by Gasteiger charge is -2.39. The molecule has 3 atom stereocenters. The summed E-state index contributed by atoms with van der Waals surface area (Å²) in [4.78, 5) is 49.3. The molecule has 2 aromatic heterocycles. The molecule has 5 rings (SSSR count). The highest BCUT2D eigenvalue weighted by Crippen LogP contribution is 2.46. The van der Waals surface area contributed by atoms with Gasteiger partial charge in [-0.05, 0) is 29.7 Å². The minimum absolute atomic E-state index is 0.0601. The van der Waals surface area contributed by atoms with E-state index in [2.05, 4.69) is 30.9 Å². The molecule has 182 valence electrons. The predicted molar refractivity (Wildman–Crippen MR) is 133 cm³/mol. The van der Waals surface area contributed by atoms with Gasteiger partial charge in [-0.2, -0.15) is 0 Å². The molecule has 0 spiro atoms. The first-order valence-corrected chi connectivity index (χ1v) is 11.2. The van der Waals surface area contributed by atoms with Gasteiger partial charge in [-0.3, -0.25) is 19.9 Å². The summed E-state index contributed by atoms with van der Waals surface area (Å²) in [6.45, 7) is 1.56. The average Bonchev–Trinajstić information content (AvgIpc) is 3.51. The number of aromatic carboxylic acids is 1. The molecule has 2 aromatic carbocycles. The number of rotatable bonds is 7. The van der Waals surface area contributed by atoms with E-state index in [1.807, 2.05) is 30.3 Å². The number of H-pyrrole nitrogens is 1. The van der Waals surface area contributed by atoms with Crippen LogP contribution in [-0.4, -0.2) is 37.8 Å². The molecule has 0 radical (unpaired) electrons. The van der Waals surface area contributed by atoms with Crippen LogP contribution in [-0.2, 0) is 15.3 Å². The lowest BCUT2D eigenvalue weighted by molar-refractivity contribution is -0.131. The van der Waals surface area contributed by atoms with E-state index in [-0.39, 0.29) is 11.5 Å². The van der Waals surface area contributed by atoms with E-state index < -0.39 is 35.3 Å². The second-order valence-electron chi connectivity index (χ2n) is 8.64. The van der Waals surface area contributed by atoms with Crippen LogP contribution in [0.2, 0.25) is 0 Å². The second-order valence-corrected chi connectivity index (χ2v) is 8.64. The van der Waals surface area contributed by atoms with E-state index in [1.54, 1.807) is 25.4 Å². The standard InChI is InChI=1S/C25H23N7O4/c1-13(21(26)33)20(22(34)30-24-27-8-9-28-24)25(19-11-14-4-2-3-5-16(14)12-29-19)31-17-7-6-15(23(35)36)10-18(17)32-25/h2-13,20,31-32H,1H3,(H2,26,33)(H,35,36)(H2,27,28,30,34). The molecule has 11 heteroatoms. The number of anilines is 3. The molecule has 3 heterocycles. The van der Waals surface area contributed by atoms with Crippen LogP contribution in [0.25, 0.3) is 10.8 Å². The summed E-state index contributed by atoms with van der Waals surface area (Å²) < 4.78 is 0. The van der Waals surface area contributed by atoms with Crippen molar-refractivity contribution in [3.63, 3.8) is 0 Å². The first-order chi connectivity index (χ1) is 17.3. The average molecular weight is 486 g/mol. The third-order valence-corrected chi connectivity index (χ3v) is 6.40. The number of imidazole rings is 1. The molecule has 1 aliphatic heterocycles. The van der Waals surface area contributed by atoms with Crippen molar-refractivity contribution in [3.05, 3.63) is 78.4 Å². The molecular weight excluding hydrogens is 462 g/mol. The summed E-state index contributed by atoms with van der Waals surface area (Å²) >= 11 is 0. The number of carbonyl (C=O) groups excluding carboxylic acids is 2. The molecule has 0 saturated heterocycles. The molecule has 0 fully saturated rings. The van der Waals surface area contributed by atoms with Gasteiger partial charge in [0, 0.05) is 24.0 Å². The van der Waals surface area contributed by atoms with Crippen molar-refractivity contribution in [1.29, 1.82) is 0 Å². The topological polar surface area (TPSA) is 175 Å². The summed E-state index contributed by atoms with van der Waals surface area (Å²) in [6.07, 6.45) is 4.72. The van der Waals surface area contributed by atoms with E-state index in [4.69, 9.17) is 5.73 Å². The van der Waals surface area contributed by atoms with E-state index >= 15 is 0 Å². The van der Waals surface area contributed by atoms with Crippen LogP contribution < -0.4 is 21.7 Å². The number of nitrogens with one attached hydrogen (secondary N) is 4. The van der Waals surface area contributed by atoms with Gasteiger partial charge < -0.3 is 26.5 Å². The first-order valence-electron chi connectivity index (χ1n) is 11.2. The van der Waals surface area contributed by atoms with Crippen molar-refractivity contribution in [2.24, 2.45) is 17.6 Å². The zero-order valence-electron chi connectivity index (χ0n) is 19.1. The number of benzene rings is 2. The maximum atomic E-state index is 13.7. The largest absolute Gasteiger partial charge is 0.478 e. The maximum absolute atomic E-state index is 13.7. The molecule has 11 nitrogen and oxygen atoms in total. The number of aromatic nitrogens is 3. The fraction of sp³-hybridized carbons (Fsp3) is 0.160. The lowest BCUT2D eigenvalue weighted by atomic mass is 9.78. The fourth-order valence-electron chi connectivity index (χ4n) is 4.58. The third-order valence-electron chi connectivity index (χ3n) is 6.40. The zero-order valence-corrected chi connectivity index (χ0v) is 19.1. The van der Waals surface area contributed by atoms with Crippen LogP contribution in [0.15, 0.2) is 67.1 Å². The highest BCUT2D eigenvalue weighted by molar-refractivity contribution is 5.98. The molecule has 0 saturated carbocycles. The van der Waals surface area contributed by atoms with Gasteiger partial charge in [0.25, 0.3) is 0 Å². The molecule has 1 aliphatic rings. The maximum Gasteiger partial charge on any atom is 0.335 e. The normalized spacial score (nSPS) is 17.9. The Morgan fingerprint density at radius 1 is 1.03 bits per heavy atom. The predicted octanol–water partition coefficient (Wildman–Crippen LogP) is 2.72. The Kier molecular flexibility index (Phi) is 5.51. The van der Waals surface area contributed by atoms with Crippen molar-refractivity contribution in [2.75, 3.05) is 16.0 Å². The van der Waals surface area contributed by atoms with Gasteiger partial charge in [0.2, 0.25) is 17.8 Å². The fourth-order valence-corrected chi connectivity index (χ4v) is 4.58. The number of carbonyl (C=O) groups is 3. The number of hydrogen-bond donors (Lipinski definition) is 6. The molecule has 0 bridgehead atoms. The van der Waals surface area contributed by atoms with Crippen LogP contribution in [0.3, 0.4) is 0 Å². The zero-order chi connectivity index (χ0) is 25.4. The van der Waals surface area contributed by atoms with Crippen LogP contribution in [0.4, 0.5) is 17.3 Å². The Hall–Kier alpha value is -4.93. The summed E-state index contributed by atoms with van der Waals surface area (Å²) in [5.41, 5.74) is 5.73. The van der Waals surface area contributed by atoms with Crippen LogP contribution in [0.1, 0.15) is 23.0 Å². The minimum Gasteiger partial charge on any atom is -0.478 e. The van der Waals surface area contributed by atoms with Crippen molar-refractivity contribution < 1.29 is 19.5 Å². The van der Waals surface area contributed by atoms with Gasteiger partial charge in [-0.1, -0.05) is 31.2 Å². The van der Waals surface area contributed by atoms with E-state index in [1.165, 1.54) is 18.3 Å². The Morgan fingerprint density at radius 2 is 1.78 bits per heavy atom. The SMILES string of the molecule is CC(C(N)=O)C(C(=O)Nc1ncc[nH]1)C1(c2cc3ccccc3cn2)Nc2ccc(C(=O)O)cc2N1. The van der Waals surface area contributed by atoms with Crippen molar-refractivity contribution >= 4 is 45.9 Å². The van der Waals surface area contributed by atoms with Crippen molar-refractivity contribution in [3.8, 4) is 0 Å². The number of primary amides is 1. The molecule has 7 N–H and O–H groups in total.